The molecule has 3 heteroatoms. The van der Waals surface area contributed by atoms with Gasteiger partial charge in [-0.2, -0.15) is 35.4 Å². The Morgan fingerprint density at radius 3 is 2.37 bits per heavy atom. The molecule has 0 bridgehead atoms. The predicted octanol–water partition coefficient (Wildman–Crippen LogP) is 3.65. The zero-order chi connectivity index (χ0) is 12.4. The van der Waals surface area contributed by atoms with Crippen molar-refractivity contribution in [3.8, 4) is 16.9 Å². The molecule has 0 saturated heterocycles. The Kier molecular flexibility index (Phi) is 4.68. The molecule has 0 N–H and O–H groups in total. The first-order valence-electron chi connectivity index (χ1n) is 5.93. The number of aromatic nitrogens is 2. The van der Waals surface area contributed by atoms with Crippen LogP contribution in [0.3, 0.4) is 0 Å². The number of rotatable bonds is 2. The molecule has 0 amide bonds. The van der Waals surface area contributed by atoms with Gasteiger partial charge in [0.25, 0.3) is 0 Å². The molecule has 91 valence electrons. The summed E-state index contributed by atoms with van der Waals surface area (Å²) >= 11 is 0. The minimum absolute atomic E-state index is 0. The van der Waals surface area contributed by atoms with Crippen molar-refractivity contribution in [1.82, 2.24) is 9.78 Å². The van der Waals surface area contributed by atoms with Crippen LogP contribution in [0.2, 0.25) is 0 Å². The SMILES string of the molecule is Cc1cn(-c2ccccc2)nc1-c1cc[c-]cc1.[Y]. The summed E-state index contributed by atoms with van der Waals surface area (Å²) in [5.74, 6) is 0. The van der Waals surface area contributed by atoms with Gasteiger partial charge in [0.1, 0.15) is 0 Å². The second-order valence-corrected chi connectivity index (χ2v) is 4.23. The van der Waals surface area contributed by atoms with E-state index in [9.17, 15) is 0 Å². The van der Waals surface area contributed by atoms with E-state index in [1.165, 1.54) is 5.56 Å². The first-order chi connectivity index (χ1) is 8.84. The van der Waals surface area contributed by atoms with Crippen molar-refractivity contribution >= 4 is 0 Å². The molecule has 3 aromatic rings. The van der Waals surface area contributed by atoms with Gasteiger partial charge < -0.3 is 0 Å². The van der Waals surface area contributed by atoms with Gasteiger partial charge in [0.15, 0.2) is 0 Å². The second kappa shape index (κ2) is 6.27. The van der Waals surface area contributed by atoms with Gasteiger partial charge in [0.05, 0.1) is 11.4 Å². The summed E-state index contributed by atoms with van der Waals surface area (Å²) in [6, 6.07) is 21.1. The summed E-state index contributed by atoms with van der Waals surface area (Å²) in [6.45, 7) is 2.08. The maximum absolute atomic E-state index is 4.65. The Balaban J connectivity index is 0.00000133. The largest absolute Gasteiger partial charge is 0.240 e. The van der Waals surface area contributed by atoms with Crippen LogP contribution in [0.5, 0.6) is 0 Å². The molecule has 1 radical (unpaired) electrons. The van der Waals surface area contributed by atoms with Crippen molar-refractivity contribution in [3.05, 3.63) is 72.4 Å². The third-order valence-electron chi connectivity index (χ3n) is 2.91. The molecule has 0 fully saturated rings. The number of para-hydroxylation sites is 1. The van der Waals surface area contributed by atoms with Crippen LogP contribution in [0.4, 0.5) is 0 Å². The van der Waals surface area contributed by atoms with Crippen molar-refractivity contribution in [2.24, 2.45) is 0 Å². The average molecular weight is 322 g/mol. The molecule has 0 aliphatic heterocycles. The molecule has 0 spiro atoms. The minimum atomic E-state index is 0. The van der Waals surface area contributed by atoms with Crippen LogP contribution in [0.1, 0.15) is 5.56 Å². The third-order valence-corrected chi connectivity index (χ3v) is 2.91. The summed E-state index contributed by atoms with van der Waals surface area (Å²) in [5, 5.41) is 4.65. The molecule has 0 saturated carbocycles. The molecular weight excluding hydrogens is 309 g/mol. The molecule has 19 heavy (non-hydrogen) atoms. The van der Waals surface area contributed by atoms with Crippen molar-refractivity contribution in [3.63, 3.8) is 0 Å². The summed E-state index contributed by atoms with van der Waals surface area (Å²) in [6.07, 6.45) is 2.06. The van der Waals surface area contributed by atoms with Gasteiger partial charge in [-0.15, -0.1) is 5.56 Å². The standard InChI is InChI=1S/C16H13N2.Y/c1-13-12-18(15-10-6-3-7-11-15)17-16(13)14-8-4-2-5-9-14;/h3-12H,1H3;/q-1;. The first-order valence-corrected chi connectivity index (χ1v) is 5.93. The van der Waals surface area contributed by atoms with Crippen LogP contribution in [0.25, 0.3) is 16.9 Å². The van der Waals surface area contributed by atoms with E-state index in [4.69, 9.17) is 0 Å². The van der Waals surface area contributed by atoms with E-state index in [1.807, 2.05) is 47.1 Å². The van der Waals surface area contributed by atoms with Gasteiger partial charge >= 0.3 is 0 Å². The van der Waals surface area contributed by atoms with Gasteiger partial charge in [0, 0.05) is 38.9 Å². The molecule has 0 unspecified atom stereocenters. The monoisotopic (exact) mass is 322 g/mol. The fourth-order valence-electron chi connectivity index (χ4n) is 2.00. The van der Waals surface area contributed by atoms with E-state index in [2.05, 4.69) is 36.4 Å². The van der Waals surface area contributed by atoms with E-state index in [0.29, 0.717) is 0 Å². The normalized spacial score (nSPS) is 9.95. The Hall–Kier alpha value is -1.25. The Labute approximate surface area is 138 Å². The zero-order valence-electron chi connectivity index (χ0n) is 10.7. The smallest absolute Gasteiger partial charge is 0.0716 e. The topological polar surface area (TPSA) is 17.8 Å². The predicted molar refractivity (Wildman–Crippen MR) is 72.6 cm³/mol. The molecule has 3 rings (SSSR count). The number of hydrogen-bond donors (Lipinski definition) is 0. The molecule has 0 aliphatic carbocycles. The van der Waals surface area contributed by atoms with Crippen LogP contribution >= 0.6 is 0 Å². The van der Waals surface area contributed by atoms with E-state index < -0.39 is 0 Å². The van der Waals surface area contributed by atoms with Crippen LogP contribution < -0.4 is 0 Å². The molecular formula is C16H13N2Y-. The van der Waals surface area contributed by atoms with Gasteiger partial charge in [-0.1, -0.05) is 18.2 Å². The molecule has 2 nitrogen and oxygen atoms in total. The Morgan fingerprint density at radius 1 is 1.00 bits per heavy atom. The van der Waals surface area contributed by atoms with Crippen molar-refractivity contribution in [2.75, 3.05) is 0 Å². The molecule has 1 aromatic heterocycles. The fourth-order valence-corrected chi connectivity index (χ4v) is 2.00. The van der Waals surface area contributed by atoms with E-state index in [-0.39, 0.29) is 32.7 Å². The molecule has 0 atom stereocenters. The summed E-state index contributed by atoms with van der Waals surface area (Å²) in [5.41, 5.74) is 4.40. The summed E-state index contributed by atoms with van der Waals surface area (Å²) < 4.78 is 1.92. The van der Waals surface area contributed by atoms with Crippen molar-refractivity contribution in [1.29, 1.82) is 0 Å². The number of benzene rings is 2. The average Bonchev–Trinajstić information content (AvgIpc) is 2.83. The number of nitrogens with zero attached hydrogens (tertiary/aromatic N) is 2. The van der Waals surface area contributed by atoms with Gasteiger partial charge in [0.2, 0.25) is 0 Å². The van der Waals surface area contributed by atoms with Crippen molar-refractivity contribution in [2.45, 2.75) is 6.92 Å². The van der Waals surface area contributed by atoms with E-state index >= 15 is 0 Å². The fraction of sp³-hybridized carbons (Fsp3) is 0.0625. The Bertz CT molecular complexity index is 645. The van der Waals surface area contributed by atoms with Crippen LogP contribution in [0, 0.1) is 13.0 Å². The Morgan fingerprint density at radius 2 is 1.68 bits per heavy atom. The van der Waals surface area contributed by atoms with Crippen LogP contribution in [0.15, 0.2) is 60.8 Å². The van der Waals surface area contributed by atoms with E-state index in [0.717, 1.165) is 16.9 Å². The first kappa shape index (κ1) is 14.2. The second-order valence-electron chi connectivity index (χ2n) is 4.23. The van der Waals surface area contributed by atoms with Gasteiger partial charge in [-0.25, -0.2) is 4.68 Å². The zero-order valence-corrected chi connectivity index (χ0v) is 13.6. The van der Waals surface area contributed by atoms with Crippen LogP contribution in [-0.4, -0.2) is 9.78 Å². The maximum Gasteiger partial charge on any atom is 0.0716 e. The molecule has 2 aromatic carbocycles. The summed E-state index contributed by atoms with van der Waals surface area (Å²) in [4.78, 5) is 0. The summed E-state index contributed by atoms with van der Waals surface area (Å²) in [7, 11) is 0. The third kappa shape index (κ3) is 3.02. The van der Waals surface area contributed by atoms with Crippen LogP contribution in [-0.2, 0) is 32.7 Å². The van der Waals surface area contributed by atoms with E-state index in [1.54, 1.807) is 0 Å². The van der Waals surface area contributed by atoms with Gasteiger partial charge in [-0.05, 0) is 24.6 Å². The number of hydrogen-bond acceptors (Lipinski definition) is 1. The minimum Gasteiger partial charge on any atom is -0.240 e. The van der Waals surface area contributed by atoms with Crippen molar-refractivity contribution < 1.29 is 32.7 Å². The number of aryl methyl sites for hydroxylation is 1. The maximum atomic E-state index is 4.65. The van der Waals surface area contributed by atoms with Gasteiger partial charge in [-0.3, -0.25) is 0 Å². The molecule has 0 aliphatic rings. The molecule has 1 heterocycles. The quantitative estimate of drug-likeness (QED) is 0.659.